The molecule has 1 aliphatic heterocycles. The van der Waals surface area contributed by atoms with Gasteiger partial charge in [0.15, 0.2) is 0 Å². The van der Waals surface area contributed by atoms with Crippen molar-refractivity contribution in [2.45, 2.75) is 19.4 Å². The number of amides is 1. The molecule has 1 aromatic heterocycles. The second-order valence-corrected chi connectivity index (χ2v) is 6.53. The Balaban J connectivity index is 2.03. The van der Waals surface area contributed by atoms with E-state index in [4.69, 9.17) is 4.74 Å². The maximum atomic E-state index is 12.8. The fourth-order valence-electron chi connectivity index (χ4n) is 2.43. The number of carbonyl (C=O) groups is 1. The molecule has 108 valence electrons. The van der Waals surface area contributed by atoms with Gasteiger partial charge in [0.05, 0.1) is 17.8 Å². The number of rotatable bonds is 1. The average Bonchev–Trinajstić information content (AvgIpc) is 2.44. The number of halogens is 1. The molecular weight excluding hydrogens is 332 g/mol. The third kappa shape index (κ3) is 2.78. The highest BCUT2D eigenvalue weighted by molar-refractivity contribution is 9.10. The summed E-state index contributed by atoms with van der Waals surface area (Å²) in [5.41, 5.74) is 0.919. The van der Waals surface area contributed by atoms with Crippen molar-refractivity contribution in [1.29, 1.82) is 0 Å². The minimum atomic E-state index is -0.427. The van der Waals surface area contributed by atoms with Crippen LogP contribution in [0.5, 0.6) is 5.75 Å². The lowest BCUT2D eigenvalue weighted by Crippen LogP contribution is -2.49. The Morgan fingerprint density at radius 3 is 2.86 bits per heavy atom. The third-order valence-electron chi connectivity index (χ3n) is 3.28. The standard InChI is InChI=1S/C16H15BrN2O2/c1-16(2)10-19(13-5-3-4-6-14(13)21-16)15(20)11-7-12(17)9-18-8-11/h3-9H,10H2,1-2H3. The fraction of sp³-hybridized carbons (Fsp3) is 0.250. The van der Waals surface area contributed by atoms with Crippen LogP contribution in [0.3, 0.4) is 0 Å². The zero-order valence-corrected chi connectivity index (χ0v) is 13.4. The molecule has 1 amide bonds. The number of anilines is 1. The highest BCUT2D eigenvalue weighted by Crippen LogP contribution is 2.37. The van der Waals surface area contributed by atoms with Crippen molar-refractivity contribution < 1.29 is 9.53 Å². The van der Waals surface area contributed by atoms with Crippen LogP contribution in [-0.4, -0.2) is 23.0 Å². The largest absolute Gasteiger partial charge is 0.484 e. The first-order valence-corrected chi connectivity index (χ1v) is 7.46. The van der Waals surface area contributed by atoms with E-state index in [2.05, 4.69) is 20.9 Å². The first-order valence-electron chi connectivity index (χ1n) is 6.67. The fourth-order valence-corrected chi connectivity index (χ4v) is 2.79. The monoisotopic (exact) mass is 346 g/mol. The Labute approximate surface area is 131 Å². The van der Waals surface area contributed by atoms with Gasteiger partial charge in [0, 0.05) is 16.9 Å². The number of nitrogens with zero attached hydrogens (tertiary/aromatic N) is 2. The van der Waals surface area contributed by atoms with Crippen LogP contribution in [0.25, 0.3) is 0 Å². The molecule has 1 aliphatic rings. The van der Waals surface area contributed by atoms with Gasteiger partial charge < -0.3 is 9.64 Å². The predicted molar refractivity (Wildman–Crippen MR) is 84.8 cm³/mol. The maximum Gasteiger partial charge on any atom is 0.260 e. The molecule has 1 aromatic carbocycles. The summed E-state index contributed by atoms with van der Waals surface area (Å²) < 4.78 is 6.73. The minimum absolute atomic E-state index is 0.0763. The zero-order valence-electron chi connectivity index (χ0n) is 11.8. The molecule has 0 radical (unpaired) electrons. The van der Waals surface area contributed by atoms with Gasteiger partial charge in [-0.3, -0.25) is 9.78 Å². The average molecular weight is 347 g/mol. The molecule has 21 heavy (non-hydrogen) atoms. The molecule has 0 atom stereocenters. The van der Waals surface area contributed by atoms with E-state index in [1.54, 1.807) is 23.4 Å². The summed E-state index contributed by atoms with van der Waals surface area (Å²) in [5.74, 6) is 0.651. The molecule has 0 bridgehead atoms. The van der Waals surface area contributed by atoms with Gasteiger partial charge in [-0.15, -0.1) is 0 Å². The molecule has 0 aliphatic carbocycles. The van der Waals surface area contributed by atoms with Crippen molar-refractivity contribution in [1.82, 2.24) is 4.98 Å². The van der Waals surface area contributed by atoms with Crippen LogP contribution >= 0.6 is 15.9 Å². The van der Waals surface area contributed by atoms with Gasteiger partial charge in [-0.05, 0) is 48.0 Å². The van der Waals surface area contributed by atoms with Crippen LogP contribution in [0.4, 0.5) is 5.69 Å². The lowest BCUT2D eigenvalue weighted by atomic mass is 10.0. The minimum Gasteiger partial charge on any atom is -0.484 e. The van der Waals surface area contributed by atoms with Crippen LogP contribution in [-0.2, 0) is 0 Å². The number of carbonyl (C=O) groups excluding carboxylic acids is 1. The zero-order chi connectivity index (χ0) is 15.0. The van der Waals surface area contributed by atoms with E-state index >= 15 is 0 Å². The topological polar surface area (TPSA) is 42.4 Å². The molecule has 0 saturated heterocycles. The summed E-state index contributed by atoms with van der Waals surface area (Å²) in [6, 6.07) is 9.37. The number of aromatic nitrogens is 1. The summed E-state index contributed by atoms with van der Waals surface area (Å²) in [4.78, 5) is 18.6. The molecule has 0 saturated carbocycles. The van der Waals surface area contributed by atoms with E-state index in [0.29, 0.717) is 12.1 Å². The van der Waals surface area contributed by atoms with Crippen molar-refractivity contribution in [3.8, 4) is 5.75 Å². The van der Waals surface area contributed by atoms with Crippen LogP contribution < -0.4 is 9.64 Å². The van der Waals surface area contributed by atoms with Crippen LogP contribution in [0, 0.1) is 0 Å². The SMILES string of the molecule is CC1(C)CN(C(=O)c2cncc(Br)c2)c2ccccc2O1. The summed E-state index contributed by atoms with van der Waals surface area (Å²) in [5, 5.41) is 0. The number of pyridine rings is 1. The summed E-state index contributed by atoms with van der Waals surface area (Å²) >= 11 is 3.35. The number of ether oxygens (including phenoxy) is 1. The molecule has 2 heterocycles. The molecule has 4 nitrogen and oxygen atoms in total. The Morgan fingerprint density at radius 2 is 2.10 bits per heavy atom. The van der Waals surface area contributed by atoms with E-state index in [9.17, 15) is 4.79 Å². The van der Waals surface area contributed by atoms with E-state index < -0.39 is 5.60 Å². The molecule has 0 N–H and O–H groups in total. The van der Waals surface area contributed by atoms with Gasteiger partial charge in [0.2, 0.25) is 0 Å². The van der Waals surface area contributed by atoms with E-state index in [1.165, 1.54) is 0 Å². The van der Waals surface area contributed by atoms with E-state index in [1.807, 2.05) is 38.1 Å². The Morgan fingerprint density at radius 1 is 1.33 bits per heavy atom. The second-order valence-electron chi connectivity index (χ2n) is 5.61. The van der Waals surface area contributed by atoms with Crippen LogP contribution in [0.15, 0.2) is 47.2 Å². The van der Waals surface area contributed by atoms with Gasteiger partial charge in [-0.1, -0.05) is 12.1 Å². The number of hydrogen-bond donors (Lipinski definition) is 0. The number of fused-ring (bicyclic) bond motifs is 1. The molecule has 0 fully saturated rings. The molecule has 0 unspecified atom stereocenters. The molecular formula is C16H15BrN2O2. The van der Waals surface area contributed by atoms with E-state index in [-0.39, 0.29) is 5.91 Å². The first-order chi connectivity index (χ1) is 9.96. The van der Waals surface area contributed by atoms with Crippen molar-refractivity contribution in [3.63, 3.8) is 0 Å². The maximum absolute atomic E-state index is 12.8. The Kier molecular flexibility index (Phi) is 3.45. The van der Waals surface area contributed by atoms with Gasteiger partial charge in [-0.25, -0.2) is 0 Å². The van der Waals surface area contributed by atoms with Gasteiger partial charge in [0.1, 0.15) is 11.4 Å². The molecule has 3 rings (SSSR count). The summed E-state index contributed by atoms with van der Waals surface area (Å²) in [6.45, 7) is 4.44. The Hall–Kier alpha value is -1.88. The molecule has 2 aromatic rings. The number of para-hydroxylation sites is 2. The highest BCUT2D eigenvalue weighted by Gasteiger charge is 2.35. The van der Waals surface area contributed by atoms with Crippen molar-refractivity contribution in [3.05, 3.63) is 52.8 Å². The van der Waals surface area contributed by atoms with E-state index in [0.717, 1.165) is 15.9 Å². The quantitative estimate of drug-likeness (QED) is 0.791. The first kappa shape index (κ1) is 14.1. The number of benzene rings is 1. The lowest BCUT2D eigenvalue weighted by Gasteiger charge is -2.39. The van der Waals surface area contributed by atoms with Gasteiger partial charge >= 0.3 is 0 Å². The predicted octanol–water partition coefficient (Wildman–Crippen LogP) is 3.66. The van der Waals surface area contributed by atoms with Gasteiger partial charge in [0.25, 0.3) is 5.91 Å². The summed E-state index contributed by atoms with van der Waals surface area (Å²) in [6.07, 6.45) is 3.24. The summed E-state index contributed by atoms with van der Waals surface area (Å²) in [7, 11) is 0. The molecule has 5 heteroatoms. The van der Waals surface area contributed by atoms with Gasteiger partial charge in [-0.2, -0.15) is 0 Å². The smallest absolute Gasteiger partial charge is 0.260 e. The molecule has 0 spiro atoms. The van der Waals surface area contributed by atoms with Crippen molar-refractivity contribution >= 4 is 27.5 Å². The van der Waals surface area contributed by atoms with Crippen LogP contribution in [0.2, 0.25) is 0 Å². The Bertz CT molecular complexity index is 700. The van der Waals surface area contributed by atoms with Crippen molar-refractivity contribution in [2.75, 3.05) is 11.4 Å². The van der Waals surface area contributed by atoms with Crippen molar-refractivity contribution in [2.24, 2.45) is 0 Å². The second kappa shape index (κ2) is 5.15. The highest BCUT2D eigenvalue weighted by atomic mass is 79.9. The number of hydrogen-bond acceptors (Lipinski definition) is 3. The lowest BCUT2D eigenvalue weighted by molar-refractivity contribution is 0.0836. The normalized spacial score (nSPS) is 16.0. The third-order valence-corrected chi connectivity index (χ3v) is 3.71. The van der Waals surface area contributed by atoms with Crippen LogP contribution in [0.1, 0.15) is 24.2 Å².